The van der Waals surface area contributed by atoms with E-state index in [4.69, 9.17) is 0 Å². The molecule has 2 aromatic carbocycles. The fraction of sp³-hybridized carbons (Fsp3) is 0.407. The standard InChI is InChI=1S/C27H34N2.2BrH.Ni/c1-4-7-11-21-15-17-23(18-16-21)27-25(13-8-5-2)20-26(29(27)28)24-14-9-12-22(19-24)10-6-3;;;/h9,12,14-20H,4-8,10-11,13H2,1-3H3;2*1H;/q;;;+2/p-2. The summed E-state index contributed by atoms with van der Waals surface area (Å²) in [6.45, 7) is 6.64. The van der Waals surface area contributed by atoms with Crippen molar-refractivity contribution in [3.8, 4) is 0 Å². The van der Waals surface area contributed by atoms with Gasteiger partial charge in [-0.25, -0.2) is 4.70 Å². The van der Waals surface area contributed by atoms with Gasteiger partial charge in [0, 0.05) is 22.8 Å². The van der Waals surface area contributed by atoms with Gasteiger partial charge in [0.15, 0.2) is 0 Å². The van der Waals surface area contributed by atoms with Gasteiger partial charge in [0.1, 0.15) is 0 Å². The van der Waals surface area contributed by atoms with Gasteiger partial charge in [-0.15, -0.1) is 0 Å². The molecule has 3 rings (SSSR count). The predicted molar refractivity (Wildman–Crippen MR) is 141 cm³/mol. The van der Waals surface area contributed by atoms with Gasteiger partial charge in [-0.1, -0.05) is 64.3 Å². The molecule has 0 saturated heterocycles. The summed E-state index contributed by atoms with van der Waals surface area (Å²) in [4.78, 5) is 0. The van der Waals surface area contributed by atoms with E-state index in [9.17, 15) is 5.53 Å². The van der Waals surface area contributed by atoms with E-state index in [1.165, 1.54) is 45.1 Å². The molecule has 0 saturated carbocycles. The van der Waals surface area contributed by atoms with Crippen LogP contribution >= 0.6 is 28.5 Å². The Morgan fingerprint density at radius 1 is 0.781 bits per heavy atom. The number of aryl methyl sites for hydroxylation is 2. The molecule has 0 atom stereocenters. The van der Waals surface area contributed by atoms with Crippen molar-refractivity contribution in [2.75, 3.05) is 0 Å². The zero-order valence-corrected chi connectivity index (χ0v) is 23.5. The van der Waals surface area contributed by atoms with Crippen molar-refractivity contribution in [1.82, 2.24) is 0 Å². The van der Waals surface area contributed by atoms with Crippen molar-refractivity contribution in [2.45, 2.75) is 72.1 Å². The Morgan fingerprint density at radius 3 is 2.06 bits per heavy atom. The zero-order valence-electron chi connectivity index (χ0n) is 19.3. The summed E-state index contributed by atoms with van der Waals surface area (Å²) < 4.78 is 1.41. The Hall–Kier alpha value is -1.03. The molecule has 0 amide bonds. The number of hydrogen-bond donors (Lipinski definition) is 0. The molecule has 1 heterocycles. The molecular formula is C27H34Br2N2Ni. The van der Waals surface area contributed by atoms with Crippen molar-refractivity contribution >= 4 is 39.8 Å². The van der Waals surface area contributed by atoms with Crippen molar-refractivity contribution in [3.63, 3.8) is 0 Å². The molecular weight excluding hydrogens is 571 g/mol. The second kappa shape index (κ2) is 15.0. The van der Waals surface area contributed by atoms with Crippen LogP contribution in [0.25, 0.3) is 16.9 Å². The van der Waals surface area contributed by atoms with E-state index in [0.29, 0.717) is 0 Å². The molecule has 5 heteroatoms. The van der Waals surface area contributed by atoms with Gasteiger partial charge in [-0.05, 0) is 67.5 Å². The molecule has 1 aliphatic heterocycles. The molecule has 0 unspecified atom stereocenters. The van der Waals surface area contributed by atoms with Crippen LogP contribution in [0.5, 0.6) is 0 Å². The second-order valence-electron chi connectivity index (χ2n) is 8.11. The van der Waals surface area contributed by atoms with Gasteiger partial charge in [0.25, 0.3) is 0 Å². The van der Waals surface area contributed by atoms with Crippen LogP contribution in [-0.4, -0.2) is 4.70 Å². The number of rotatable bonds is 10. The average Bonchev–Trinajstić information content (AvgIpc) is 3.13. The Labute approximate surface area is 214 Å². The summed E-state index contributed by atoms with van der Waals surface area (Å²) in [6.07, 6.45) is 11.2. The summed E-state index contributed by atoms with van der Waals surface area (Å²) >= 11 is 6.00. The van der Waals surface area contributed by atoms with Crippen molar-refractivity contribution in [3.05, 3.63) is 88.0 Å². The summed E-state index contributed by atoms with van der Waals surface area (Å²) in [6, 6.07) is 17.3. The van der Waals surface area contributed by atoms with Crippen LogP contribution in [-0.2, 0) is 23.7 Å². The minimum absolute atomic E-state index is 0.888. The summed E-state index contributed by atoms with van der Waals surface area (Å²) in [5.74, 6) is 0. The van der Waals surface area contributed by atoms with Crippen LogP contribution in [0.2, 0.25) is 0 Å². The van der Waals surface area contributed by atoms with E-state index < -0.39 is 0 Å². The third kappa shape index (κ3) is 7.78. The van der Waals surface area contributed by atoms with Crippen LogP contribution in [0.4, 0.5) is 0 Å². The van der Waals surface area contributed by atoms with Crippen LogP contribution in [0.15, 0.2) is 60.2 Å². The second-order valence-corrected chi connectivity index (χ2v) is 13.1. The van der Waals surface area contributed by atoms with Gasteiger partial charge in [-0.3, -0.25) is 0 Å². The maximum atomic E-state index is 11.2. The molecule has 2 nitrogen and oxygen atoms in total. The van der Waals surface area contributed by atoms with Crippen LogP contribution in [0.3, 0.4) is 0 Å². The van der Waals surface area contributed by atoms with Crippen LogP contribution in [0, 0.1) is 0 Å². The number of unbranched alkanes of at least 4 members (excludes halogenated alkanes) is 2. The van der Waals surface area contributed by atoms with E-state index in [1.54, 1.807) is 0 Å². The van der Waals surface area contributed by atoms with E-state index in [1.807, 2.05) is 0 Å². The first-order valence-corrected chi connectivity index (χ1v) is 16.4. The third-order valence-electron chi connectivity index (χ3n) is 5.66. The normalized spacial score (nSPS) is 13.3. The molecule has 0 aliphatic carbocycles. The van der Waals surface area contributed by atoms with Crippen molar-refractivity contribution < 1.29 is 15.6 Å². The Kier molecular flexibility index (Phi) is 12.7. The number of benzene rings is 2. The Morgan fingerprint density at radius 2 is 1.44 bits per heavy atom. The van der Waals surface area contributed by atoms with Gasteiger partial charge < -0.3 is 5.53 Å². The van der Waals surface area contributed by atoms with Crippen LogP contribution in [0.1, 0.15) is 81.5 Å². The fourth-order valence-corrected chi connectivity index (χ4v) is 4.01. The number of hydrogen-bond acceptors (Lipinski definition) is 0. The Bertz CT molecular complexity index is 933. The molecule has 0 bridgehead atoms. The average molecular weight is 605 g/mol. The molecule has 2 aromatic rings. The van der Waals surface area contributed by atoms with Crippen molar-refractivity contribution in [2.24, 2.45) is 0 Å². The monoisotopic (exact) mass is 602 g/mol. The maximum absolute atomic E-state index is 11.2. The van der Waals surface area contributed by atoms with Crippen LogP contribution < -0.4 is 0 Å². The Balaban J connectivity index is 0.00000114. The van der Waals surface area contributed by atoms with Gasteiger partial charge in [0.05, 0.1) is 0 Å². The van der Waals surface area contributed by atoms with Crippen molar-refractivity contribution in [1.29, 1.82) is 0 Å². The first kappa shape index (κ1) is 27.2. The fourth-order valence-electron chi connectivity index (χ4n) is 4.01. The van der Waals surface area contributed by atoms with E-state index >= 15 is 0 Å². The quantitative estimate of drug-likeness (QED) is 0.191. The van der Waals surface area contributed by atoms with Gasteiger partial charge in [-0.2, -0.15) is 0 Å². The molecule has 0 N–H and O–H groups in total. The number of nitrogens with zero attached hydrogens (tertiary/aromatic N) is 2. The summed E-state index contributed by atoms with van der Waals surface area (Å²) in [5, 5.41) is 0. The van der Waals surface area contributed by atoms with Gasteiger partial charge >= 0.3 is 39.3 Å². The molecule has 176 valence electrons. The van der Waals surface area contributed by atoms with Gasteiger partial charge in [0.2, 0.25) is 11.4 Å². The molecule has 0 radical (unpaired) electrons. The topological polar surface area (TPSA) is 25.3 Å². The molecule has 0 aromatic heterocycles. The first-order chi connectivity index (χ1) is 15.6. The SMILES string of the molecule is CCCCC1=C(c2ccc(CCCC)cc2)[N+](=[N-])C(c2cccc(CCC)c2)=C1.[Br][Ni][Br]. The third-order valence-corrected chi connectivity index (χ3v) is 5.66. The molecule has 32 heavy (non-hydrogen) atoms. The molecule has 1 aliphatic rings. The molecule has 0 fully saturated rings. The number of allylic oxidation sites excluding steroid dienone is 2. The predicted octanol–water partition coefficient (Wildman–Crippen LogP) is 9.66. The molecule has 0 spiro atoms. The minimum atomic E-state index is 0.888. The zero-order chi connectivity index (χ0) is 23.3. The summed E-state index contributed by atoms with van der Waals surface area (Å²) in [5.41, 5.74) is 19.1. The van der Waals surface area contributed by atoms with E-state index in [-0.39, 0.29) is 0 Å². The van der Waals surface area contributed by atoms with E-state index in [0.717, 1.165) is 61.0 Å². The first-order valence-electron chi connectivity index (χ1n) is 11.5. The number of halogens is 2. The van der Waals surface area contributed by atoms with E-state index in [2.05, 4.69) is 104 Å². The summed E-state index contributed by atoms with van der Waals surface area (Å²) in [7, 11) is 1.25.